The van der Waals surface area contributed by atoms with Crippen molar-refractivity contribution in [2.45, 2.75) is 38.9 Å². The number of esters is 2. The van der Waals surface area contributed by atoms with Gasteiger partial charge in [0.2, 0.25) is 8.32 Å². The van der Waals surface area contributed by atoms with Gasteiger partial charge in [0.1, 0.15) is 17.2 Å². The summed E-state index contributed by atoms with van der Waals surface area (Å²) in [6.07, 6.45) is 0. The van der Waals surface area contributed by atoms with Gasteiger partial charge >= 0.3 is 11.9 Å². The van der Waals surface area contributed by atoms with Crippen molar-refractivity contribution >= 4 is 31.6 Å². The molecule has 0 amide bonds. The topological polar surface area (TPSA) is 114 Å². The van der Waals surface area contributed by atoms with E-state index in [-0.39, 0.29) is 16.4 Å². The zero-order valence-electron chi connectivity index (χ0n) is 20.0. The maximum atomic E-state index is 12.5. The van der Waals surface area contributed by atoms with Crippen LogP contribution in [0.2, 0.25) is 18.1 Å². The van der Waals surface area contributed by atoms with Crippen LogP contribution in [0.15, 0.2) is 66.7 Å². The molecule has 0 unspecified atom stereocenters. The molecule has 178 valence electrons. The summed E-state index contributed by atoms with van der Waals surface area (Å²) in [7, 11) is -1.95. The third kappa shape index (κ3) is 6.17. The lowest BCUT2D eigenvalue weighted by Gasteiger charge is -2.36. The predicted molar refractivity (Wildman–Crippen MR) is 136 cm³/mol. The first-order valence-corrected chi connectivity index (χ1v) is 13.7. The minimum absolute atomic E-state index is 0.0838. The van der Waals surface area contributed by atoms with Crippen LogP contribution >= 0.6 is 0 Å². The maximum Gasteiger partial charge on any atom is 0.343 e. The maximum absolute atomic E-state index is 12.5. The molecule has 3 aromatic rings. The lowest BCUT2D eigenvalue weighted by Crippen LogP contribution is -2.43. The fourth-order valence-corrected chi connectivity index (χ4v) is 3.84. The fraction of sp³-hybridized carbons (Fsp3) is 0.231. The Bertz CT molecular complexity index is 1160. The SMILES string of the molecule is CC(C)(C)[Si](C)(C)Oc1ccc(OC(=O)c2ccc(OC(=O)c3cc(N)cc(N)c3)cc2)cc1. The predicted octanol–water partition coefficient (Wildman–Crippen LogP) is 5.67. The molecular formula is C26H30N2O5Si. The van der Waals surface area contributed by atoms with Crippen molar-refractivity contribution < 1.29 is 23.5 Å². The number of carbonyl (C=O) groups is 2. The van der Waals surface area contributed by atoms with E-state index in [0.717, 1.165) is 5.75 Å². The Morgan fingerprint density at radius 1 is 0.676 bits per heavy atom. The monoisotopic (exact) mass is 478 g/mol. The first-order valence-electron chi connectivity index (χ1n) is 10.8. The average molecular weight is 479 g/mol. The van der Waals surface area contributed by atoms with Gasteiger partial charge in [0.15, 0.2) is 0 Å². The van der Waals surface area contributed by atoms with Gasteiger partial charge in [-0.1, -0.05) is 20.8 Å². The molecule has 0 aliphatic rings. The molecule has 8 heteroatoms. The normalized spacial score (nSPS) is 11.6. The number of hydrogen-bond acceptors (Lipinski definition) is 7. The Morgan fingerprint density at radius 2 is 1.09 bits per heavy atom. The van der Waals surface area contributed by atoms with E-state index in [1.807, 2.05) is 0 Å². The van der Waals surface area contributed by atoms with E-state index in [2.05, 4.69) is 33.9 Å². The molecule has 3 aromatic carbocycles. The van der Waals surface area contributed by atoms with E-state index < -0.39 is 20.3 Å². The van der Waals surface area contributed by atoms with Crippen LogP contribution < -0.4 is 25.4 Å². The molecule has 7 nitrogen and oxygen atoms in total. The molecule has 3 rings (SSSR count). The molecule has 0 spiro atoms. The molecular weight excluding hydrogens is 448 g/mol. The summed E-state index contributed by atoms with van der Waals surface area (Å²) in [5.74, 6) is 0.297. The summed E-state index contributed by atoms with van der Waals surface area (Å²) in [5.41, 5.74) is 12.7. The summed E-state index contributed by atoms with van der Waals surface area (Å²) < 4.78 is 17.0. The number of carbonyl (C=O) groups excluding carboxylic acids is 2. The van der Waals surface area contributed by atoms with Gasteiger partial charge in [0.05, 0.1) is 11.1 Å². The van der Waals surface area contributed by atoms with E-state index in [1.165, 1.54) is 36.4 Å². The highest BCUT2D eigenvalue weighted by Gasteiger charge is 2.38. The van der Waals surface area contributed by atoms with Gasteiger partial charge in [0.25, 0.3) is 0 Å². The first kappa shape index (κ1) is 24.9. The largest absolute Gasteiger partial charge is 0.543 e. The third-order valence-corrected chi connectivity index (χ3v) is 10.1. The van der Waals surface area contributed by atoms with Crippen LogP contribution in [0, 0.1) is 0 Å². The number of nitrogens with two attached hydrogens (primary N) is 2. The summed E-state index contributed by atoms with van der Waals surface area (Å²) in [6.45, 7) is 10.9. The van der Waals surface area contributed by atoms with Gasteiger partial charge in [0, 0.05) is 11.4 Å². The second kappa shape index (κ2) is 9.60. The number of rotatable bonds is 6. The number of hydrogen-bond donors (Lipinski definition) is 2. The third-order valence-electron chi connectivity index (χ3n) is 5.73. The van der Waals surface area contributed by atoms with Gasteiger partial charge in [-0.15, -0.1) is 0 Å². The highest BCUT2D eigenvalue weighted by Crippen LogP contribution is 2.37. The molecule has 0 fully saturated rings. The van der Waals surface area contributed by atoms with Crippen LogP contribution in [0.1, 0.15) is 41.5 Å². The van der Waals surface area contributed by atoms with E-state index >= 15 is 0 Å². The second-order valence-corrected chi connectivity index (χ2v) is 14.3. The van der Waals surface area contributed by atoms with Crippen molar-refractivity contribution in [2.75, 3.05) is 11.5 Å². The van der Waals surface area contributed by atoms with Gasteiger partial charge in [-0.25, -0.2) is 9.59 Å². The molecule has 0 heterocycles. The van der Waals surface area contributed by atoms with Gasteiger partial charge in [-0.05, 0) is 84.9 Å². The Balaban J connectivity index is 1.61. The molecule has 0 aliphatic heterocycles. The molecule has 0 saturated heterocycles. The first-order chi connectivity index (χ1) is 15.8. The zero-order valence-corrected chi connectivity index (χ0v) is 21.0. The second-order valence-electron chi connectivity index (χ2n) is 9.53. The van der Waals surface area contributed by atoms with Crippen molar-refractivity contribution in [3.05, 3.63) is 77.9 Å². The zero-order chi connectivity index (χ0) is 25.1. The van der Waals surface area contributed by atoms with E-state index in [9.17, 15) is 9.59 Å². The lowest BCUT2D eigenvalue weighted by molar-refractivity contribution is 0.0730. The molecule has 0 atom stereocenters. The molecule has 4 N–H and O–H groups in total. The van der Waals surface area contributed by atoms with Gasteiger partial charge in [-0.2, -0.15) is 0 Å². The summed E-state index contributed by atoms with van der Waals surface area (Å²) in [5, 5.41) is 0.0838. The lowest BCUT2D eigenvalue weighted by atomic mass is 10.2. The number of anilines is 2. The molecule has 0 radical (unpaired) electrons. The number of ether oxygens (including phenoxy) is 2. The highest BCUT2D eigenvalue weighted by molar-refractivity contribution is 6.74. The summed E-state index contributed by atoms with van der Waals surface area (Å²) in [4.78, 5) is 24.8. The van der Waals surface area contributed by atoms with Crippen LogP contribution in [0.25, 0.3) is 0 Å². The summed E-state index contributed by atoms with van der Waals surface area (Å²) >= 11 is 0. The smallest absolute Gasteiger partial charge is 0.343 e. The number of nitrogen functional groups attached to an aromatic ring is 2. The molecule has 0 aromatic heterocycles. The van der Waals surface area contributed by atoms with Crippen molar-refractivity contribution in [3.63, 3.8) is 0 Å². The van der Waals surface area contributed by atoms with Gasteiger partial charge < -0.3 is 25.4 Å². The van der Waals surface area contributed by atoms with E-state index in [4.69, 9.17) is 25.4 Å². The standard InChI is InChI=1S/C26H30N2O5Si/c1-26(2,3)34(4,5)33-23-12-10-22(11-13-23)31-24(29)17-6-8-21(9-7-17)32-25(30)18-14-19(27)16-20(28)15-18/h6-16H,27-28H2,1-5H3. The Labute approximate surface area is 200 Å². The van der Waals surface area contributed by atoms with E-state index in [0.29, 0.717) is 22.7 Å². The van der Waals surface area contributed by atoms with Crippen LogP contribution in [0.4, 0.5) is 11.4 Å². The van der Waals surface area contributed by atoms with Crippen molar-refractivity contribution in [1.82, 2.24) is 0 Å². The molecule has 34 heavy (non-hydrogen) atoms. The van der Waals surface area contributed by atoms with Crippen molar-refractivity contribution in [3.8, 4) is 17.2 Å². The Kier molecular flexibility index (Phi) is 7.02. The highest BCUT2D eigenvalue weighted by atomic mass is 28.4. The van der Waals surface area contributed by atoms with Gasteiger partial charge in [-0.3, -0.25) is 0 Å². The quantitative estimate of drug-likeness (QED) is 0.203. The van der Waals surface area contributed by atoms with E-state index in [1.54, 1.807) is 30.3 Å². The molecule has 0 aliphatic carbocycles. The van der Waals surface area contributed by atoms with Crippen LogP contribution in [-0.2, 0) is 0 Å². The van der Waals surface area contributed by atoms with Crippen molar-refractivity contribution in [1.29, 1.82) is 0 Å². The Hall–Kier alpha value is -3.78. The average Bonchev–Trinajstić information content (AvgIpc) is 2.74. The van der Waals surface area contributed by atoms with Crippen LogP contribution in [0.5, 0.6) is 17.2 Å². The van der Waals surface area contributed by atoms with Crippen LogP contribution in [0.3, 0.4) is 0 Å². The minimum atomic E-state index is -1.95. The summed E-state index contributed by atoms with van der Waals surface area (Å²) in [6, 6.07) is 17.6. The minimum Gasteiger partial charge on any atom is -0.543 e. The fourth-order valence-electron chi connectivity index (χ4n) is 2.81. The number of benzene rings is 3. The molecule has 0 bridgehead atoms. The van der Waals surface area contributed by atoms with Crippen molar-refractivity contribution in [2.24, 2.45) is 0 Å². The Morgan fingerprint density at radius 3 is 1.56 bits per heavy atom. The molecule has 0 saturated carbocycles. The van der Waals surface area contributed by atoms with Crippen LogP contribution in [-0.4, -0.2) is 20.3 Å².